The Hall–Kier alpha value is -2.70. The van der Waals surface area contributed by atoms with Gasteiger partial charge in [0.2, 0.25) is 5.69 Å². The van der Waals surface area contributed by atoms with Crippen LogP contribution >= 0.6 is 12.4 Å². The first-order valence-electron chi connectivity index (χ1n) is 7.54. The van der Waals surface area contributed by atoms with Crippen LogP contribution in [0, 0.1) is 20.8 Å². The number of halogens is 1. The number of benzene rings is 2. The van der Waals surface area contributed by atoms with Gasteiger partial charge in [0.1, 0.15) is 12.0 Å². The lowest BCUT2D eigenvalue weighted by Crippen LogP contribution is -2.29. The van der Waals surface area contributed by atoms with Gasteiger partial charge in [-0.1, -0.05) is 6.07 Å². The predicted molar refractivity (Wildman–Crippen MR) is 101 cm³/mol. The number of nitrogens with one attached hydrogen (secondary N) is 1. The summed E-state index contributed by atoms with van der Waals surface area (Å²) in [5.41, 5.74) is 7.66. The molecule has 6 nitrogen and oxygen atoms in total. The van der Waals surface area contributed by atoms with Crippen LogP contribution in [0.1, 0.15) is 32.6 Å². The molecule has 2 aromatic carbocycles. The van der Waals surface area contributed by atoms with E-state index in [1.807, 2.05) is 33.1 Å². The lowest BCUT2D eigenvalue weighted by molar-refractivity contribution is -0.282. The summed E-state index contributed by atoms with van der Waals surface area (Å²) in [7, 11) is 0. The first-order valence-corrected chi connectivity index (χ1v) is 7.54. The Bertz CT molecular complexity index is 920. The van der Waals surface area contributed by atoms with Crippen molar-refractivity contribution in [3.05, 3.63) is 52.1 Å². The van der Waals surface area contributed by atoms with E-state index in [4.69, 9.17) is 5.84 Å². The highest BCUT2D eigenvalue weighted by Gasteiger charge is 2.23. The van der Waals surface area contributed by atoms with E-state index in [9.17, 15) is 9.90 Å². The van der Waals surface area contributed by atoms with Gasteiger partial charge in [-0.25, -0.2) is 5.84 Å². The summed E-state index contributed by atoms with van der Waals surface area (Å²) >= 11 is 0. The van der Waals surface area contributed by atoms with Crippen LogP contribution in [0.4, 0.5) is 11.4 Å². The number of hydrazine groups is 1. The van der Waals surface area contributed by atoms with Crippen molar-refractivity contribution in [2.24, 2.45) is 10.8 Å². The topological polar surface area (TPSA) is 90.7 Å². The molecule has 0 aromatic heterocycles. The van der Waals surface area contributed by atoms with E-state index in [0.29, 0.717) is 5.56 Å². The number of amides is 1. The van der Waals surface area contributed by atoms with Crippen LogP contribution in [0.25, 0.3) is 0 Å². The zero-order chi connectivity index (χ0) is 17.4. The summed E-state index contributed by atoms with van der Waals surface area (Å²) in [6, 6.07) is 7.18. The molecule has 0 aliphatic carbocycles. The van der Waals surface area contributed by atoms with Gasteiger partial charge >= 0.3 is 0 Å². The summed E-state index contributed by atoms with van der Waals surface area (Å²) in [4.78, 5) is 16.1. The normalized spacial score (nSPS) is 13.5. The predicted octanol–water partition coefficient (Wildman–Crippen LogP) is 2.78. The lowest BCUT2D eigenvalue weighted by Gasteiger charge is -2.10. The van der Waals surface area contributed by atoms with Crippen molar-refractivity contribution in [1.82, 2.24) is 5.43 Å². The summed E-state index contributed by atoms with van der Waals surface area (Å²) in [6.07, 6.45) is 3.47. The van der Waals surface area contributed by atoms with Crippen molar-refractivity contribution in [3.8, 4) is 5.75 Å². The number of aryl methyl sites for hydroxylation is 2. The molecule has 25 heavy (non-hydrogen) atoms. The summed E-state index contributed by atoms with van der Waals surface area (Å²) in [5.74, 6) is 5.08. The number of phenols is 1. The highest BCUT2D eigenvalue weighted by atomic mass is 35.5. The Balaban J connectivity index is 0.00000225. The summed E-state index contributed by atoms with van der Waals surface area (Å²) in [6.45, 7) is 5.80. The molecular formula is C18H20ClN4O2+. The number of rotatable bonds is 2. The highest BCUT2D eigenvalue weighted by Crippen LogP contribution is 2.33. The van der Waals surface area contributed by atoms with Crippen molar-refractivity contribution in [1.29, 1.82) is 0 Å². The molecule has 130 valence electrons. The molecule has 1 amide bonds. The van der Waals surface area contributed by atoms with Gasteiger partial charge < -0.3 is 5.11 Å². The van der Waals surface area contributed by atoms with Crippen LogP contribution in [-0.2, 0) is 0 Å². The van der Waals surface area contributed by atoms with Crippen LogP contribution in [0.2, 0.25) is 0 Å². The van der Waals surface area contributed by atoms with Gasteiger partial charge in [-0.05, 0) is 54.6 Å². The molecule has 0 bridgehead atoms. The molecule has 3 rings (SSSR count). The second-order valence-electron chi connectivity index (χ2n) is 5.86. The molecule has 0 fully saturated rings. The number of aromatic hydroxyl groups is 1. The first kappa shape index (κ1) is 18.6. The van der Waals surface area contributed by atoms with Gasteiger partial charge in [0.25, 0.3) is 12.2 Å². The smallest absolute Gasteiger partial charge is 0.292 e. The number of phenolic OH excluding ortho intramolecular Hbond substituents is 1. The maximum atomic E-state index is 11.7. The van der Waals surface area contributed by atoms with Gasteiger partial charge in [-0.3, -0.25) is 10.2 Å². The largest absolute Gasteiger partial charge is 0.507 e. The molecule has 1 heterocycles. The maximum Gasteiger partial charge on any atom is 0.292 e. The average Bonchev–Trinajstić information content (AvgIpc) is 2.98. The fourth-order valence-electron chi connectivity index (χ4n) is 2.74. The number of carbonyl (C=O) groups excluding carboxylic acids is 1. The number of aliphatic imine (C=N–C) groups is 1. The van der Waals surface area contributed by atoms with Crippen LogP contribution < -0.4 is 11.3 Å². The third-order valence-corrected chi connectivity index (χ3v) is 4.30. The van der Waals surface area contributed by atoms with Crippen LogP contribution in [-0.4, -0.2) is 28.1 Å². The van der Waals surface area contributed by atoms with Crippen molar-refractivity contribution in [2.45, 2.75) is 20.8 Å². The minimum atomic E-state index is -0.366. The second kappa shape index (κ2) is 7.04. The van der Waals surface area contributed by atoms with Gasteiger partial charge in [0.15, 0.2) is 5.69 Å². The van der Waals surface area contributed by atoms with Crippen LogP contribution in [0.5, 0.6) is 5.75 Å². The SMILES string of the molecule is Cc1cc(C)c(C=[N+]2C=Nc3ccc(C(=O)NN)cc32)c(O)c1C.Cl. The molecule has 7 heteroatoms. The second-order valence-corrected chi connectivity index (χ2v) is 5.86. The monoisotopic (exact) mass is 359 g/mol. The molecule has 0 unspecified atom stereocenters. The van der Waals surface area contributed by atoms with Gasteiger partial charge in [0, 0.05) is 11.6 Å². The molecule has 1 aliphatic rings. The zero-order valence-electron chi connectivity index (χ0n) is 14.2. The van der Waals surface area contributed by atoms with Crippen LogP contribution in [0.15, 0.2) is 29.3 Å². The molecule has 0 spiro atoms. The van der Waals surface area contributed by atoms with Gasteiger partial charge in [0.05, 0.1) is 5.56 Å². The first-order chi connectivity index (χ1) is 11.4. The quantitative estimate of drug-likeness (QED) is 0.333. The van der Waals surface area contributed by atoms with Crippen molar-refractivity contribution >= 4 is 42.2 Å². The number of fused-ring (bicyclic) bond motifs is 1. The molecular weight excluding hydrogens is 340 g/mol. The molecule has 0 radical (unpaired) electrons. The number of hydrogen-bond donors (Lipinski definition) is 3. The van der Waals surface area contributed by atoms with E-state index < -0.39 is 0 Å². The van der Waals surface area contributed by atoms with E-state index in [2.05, 4.69) is 10.4 Å². The highest BCUT2D eigenvalue weighted by molar-refractivity contribution is 5.96. The Morgan fingerprint density at radius 2 is 1.96 bits per heavy atom. The van der Waals surface area contributed by atoms with Crippen molar-refractivity contribution in [2.75, 3.05) is 0 Å². The molecule has 0 atom stereocenters. The zero-order valence-corrected chi connectivity index (χ0v) is 15.0. The molecule has 4 N–H and O–H groups in total. The standard InChI is InChI=1S/C18H18N4O2.ClH/c1-10-6-11(2)14(17(23)12(10)3)8-22-9-20-15-5-4-13(7-16(15)22)18(24)21-19;/h4-9H,19H2,1-3H3,(H,21,24);1H/p+1. The Morgan fingerprint density at radius 1 is 1.24 bits per heavy atom. The fourth-order valence-corrected chi connectivity index (χ4v) is 2.74. The van der Waals surface area contributed by atoms with E-state index >= 15 is 0 Å². The molecule has 1 aliphatic heterocycles. The fraction of sp³-hybridized carbons (Fsp3) is 0.167. The summed E-state index contributed by atoms with van der Waals surface area (Å²) in [5, 5.41) is 10.5. The average molecular weight is 360 g/mol. The molecule has 0 saturated heterocycles. The van der Waals surface area contributed by atoms with E-state index in [0.717, 1.165) is 33.6 Å². The minimum absolute atomic E-state index is 0. The Labute approximate surface area is 152 Å². The van der Waals surface area contributed by atoms with Gasteiger partial charge in [-0.2, -0.15) is 4.58 Å². The number of nitrogens with two attached hydrogens (primary N) is 1. The Morgan fingerprint density at radius 3 is 2.64 bits per heavy atom. The number of hydrogen-bond acceptors (Lipinski definition) is 4. The lowest BCUT2D eigenvalue weighted by atomic mass is 9.99. The van der Waals surface area contributed by atoms with Crippen molar-refractivity contribution < 1.29 is 14.5 Å². The molecule has 2 aromatic rings. The Kier molecular flexibility index (Phi) is 5.25. The molecule has 0 saturated carbocycles. The number of nitrogen functional groups attached to an aromatic ring is 1. The number of carbonyl (C=O) groups is 1. The van der Waals surface area contributed by atoms with Crippen LogP contribution in [0.3, 0.4) is 0 Å². The minimum Gasteiger partial charge on any atom is -0.507 e. The van der Waals surface area contributed by atoms with E-state index in [-0.39, 0.29) is 24.1 Å². The van der Waals surface area contributed by atoms with Crippen molar-refractivity contribution in [3.63, 3.8) is 0 Å². The van der Waals surface area contributed by atoms with E-state index in [1.165, 1.54) is 0 Å². The maximum absolute atomic E-state index is 11.7. The van der Waals surface area contributed by atoms with E-state index in [1.54, 1.807) is 29.1 Å². The number of nitrogens with zero attached hydrogens (tertiary/aromatic N) is 2. The third-order valence-electron chi connectivity index (χ3n) is 4.30. The summed E-state index contributed by atoms with van der Waals surface area (Å²) < 4.78 is 1.79. The third kappa shape index (κ3) is 3.26. The van der Waals surface area contributed by atoms with Gasteiger partial charge in [-0.15, -0.1) is 12.4 Å².